The van der Waals surface area contributed by atoms with Crippen LogP contribution in [-0.2, 0) is 11.6 Å². The van der Waals surface area contributed by atoms with Gasteiger partial charge in [-0.1, -0.05) is 6.07 Å². The summed E-state index contributed by atoms with van der Waals surface area (Å²) in [5, 5.41) is 14.3. The van der Waals surface area contributed by atoms with Gasteiger partial charge in [0.2, 0.25) is 11.9 Å². The largest absolute Gasteiger partial charge is 0.433 e. The van der Waals surface area contributed by atoms with Gasteiger partial charge in [-0.25, -0.2) is 18.2 Å². The average Bonchev–Trinajstić information content (AvgIpc) is 3.63. The standard InChI is InChI=1S/C21H16F6N8/c22-9-13(16(23)24)32-19-34-17(12-2-1-3-14(31-12)21(25,26)27)33-18(35-19)30-11-4-7-29-15(8-11)20(10-28)5-6-20/h1-4,7-8,13,16H,5-6,9H2,(H2,29,30,32,33,34,35). The van der Waals surface area contributed by atoms with Gasteiger partial charge in [-0.2, -0.15) is 33.4 Å². The first-order chi connectivity index (χ1) is 16.6. The molecule has 8 nitrogen and oxygen atoms in total. The zero-order chi connectivity index (χ0) is 25.2. The summed E-state index contributed by atoms with van der Waals surface area (Å²) in [5.74, 6) is -1.10. The molecule has 1 fully saturated rings. The zero-order valence-electron chi connectivity index (χ0n) is 17.7. The number of hydrogen-bond donors (Lipinski definition) is 2. The summed E-state index contributed by atoms with van der Waals surface area (Å²) >= 11 is 0. The summed E-state index contributed by atoms with van der Waals surface area (Å²) in [6, 6.07) is 6.40. The maximum absolute atomic E-state index is 13.1. The molecule has 3 aromatic heterocycles. The molecular formula is C21H16F6N8. The molecule has 0 bridgehead atoms. The minimum atomic E-state index is -4.74. The van der Waals surface area contributed by atoms with E-state index >= 15 is 0 Å². The van der Waals surface area contributed by atoms with Crippen molar-refractivity contribution in [2.75, 3.05) is 17.3 Å². The fourth-order valence-electron chi connectivity index (χ4n) is 3.11. The molecule has 0 aliphatic heterocycles. The van der Waals surface area contributed by atoms with E-state index in [0.29, 0.717) is 24.2 Å². The number of nitrogens with zero attached hydrogens (tertiary/aromatic N) is 6. The summed E-state index contributed by atoms with van der Waals surface area (Å²) in [4.78, 5) is 19.6. The molecule has 35 heavy (non-hydrogen) atoms. The first-order valence-electron chi connectivity index (χ1n) is 10.2. The lowest BCUT2D eigenvalue weighted by atomic mass is 10.0. The molecule has 1 atom stereocenters. The summed E-state index contributed by atoms with van der Waals surface area (Å²) in [6.07, 6.45) is -5.12. The SMILES string of the molecule is N#CC1(c2cc(Nc3nc(NC(CF)C(F)F)nc(-c4cccc(C(F)(F)F)n4)n3)ccn2)CC1. The second-order valence-electron chi connectivity index (χ2n) is 7.70. The summed E-state index contributed by atoms with van der Waals surface area (Å²) in [5.41, 5.74) is -1.32. The monoisotopic (exact) mass is 494 g/mol. The van der Waals surface area contributed by atoms with E-state index in [0.717, 1.165) is 12.1 Å². The van der Waals surface area contributed by atoms with Crippen LogP contribution in [0.3, 0.4) is 0 Å². The molecule has 4 rings (SSSR count). The van der Waals surface area contributed by atoms with Crippen LogP contribution in [0.4, 0.5) is 43.9 Å². The third-order valence-electron chi connectivity index (χ3n) is 5.16. The van der Waals surface area contributed by atoms with Crippen LogP contribution in [0.15, 0.2) is 36.5 Å². The van der Waals surface area contributed by atoms with Crippen molar-refractivity contribution in [1.82, 2.24) is 24.9 Å². The highest BCUT2D eigenvalue weighted by molar-refractivity contribution is 5.60. The highest BCUT2D eigenvalue weighted by atomic mass is 19.4. The van der Waals surface area contributed by atoms with Crippen molar-refractivity contribution >= 4 is 17.6 Å². The molecule has 0 aromatic carbocycles. The summed E-state index contributed by atoms with van der Waals surface area (Å²) in [6.45, 7) is -1.45. The average molecular weight is 494 g/mol. The van der Waals surface area contributed by atoms with Crippen molar-refractivity contribution < 1.29 is 26.3 Å². The van der Waals surface area contributed by atoms with Gasteiger partial charge in [-0.3, -0.25) is 4.98 Å². The lowest BCUT2D eigenvalue weighted by molar-refractivity contribution is -0.141. The normalized spacial score (nSPS) is 15.4. The van der Waals surface area contributed by atoms with Crippen LogP contribution in [0.2, 0.25) is 0 Å². The van der Waals surface area contributed by atoms with Crippen LogP contribution in [0.1, 0.15) is 24.2 Å². The molecule has 0 radical (unpaired) electrons. The van der Waals surface area contributed by atoms with Crippen molar-refractivity contribution in [3.8, 4) is 17.6 Å². The predicted molar refractivity (Wildman–Crippen MR) is 111 cm³/mol. The Bertz CT molecular complexity index is 1260. The Labute approximate surface area is 194 Å². The van der Waals surface area contributed by atoms with Gasteiger partial charge in [0.25, 0.3) is 6.43 Å². The molecule has 0 saturated heterocycles. The van der Waals surface area contributed by atoms with Crippen LogP contribution in [0.5, 0.6) is 0 Å². The van der Waals surface area contributed by atoms with Crippen molar-refractivity contribution in [2.45, 2.75) is 36.9 Å². The van der Waals surface area contributed by atoms with Crippen LogP contribution >= 0.6 is 0 Å². The number of halogens is 6. The van der Waals surface area contributed by atoms with Gasteiger partial charge in [-0.05, 0) is 37.1 Å². The Hall–Kier alpha value is -4.02. The predicted octanol–water partition coefficient (Wildman–Crippen LogP) is 4.66. The molecule has 1 aliphatic carbocycles. The fraction of sp³-hybridized carbons (Fsp3) is 0.333. The van der Waals surface area contributed by atoms with Gasteiger partial charge in [0.1, 0.15) is 24.1 Å². The molecule has 3 aromatic rings. The van der Waals surface area contributed by atoms with E-state index in [1.807, 2.05) is 0 Å². The van der Waals surface area contributed by atoms with E-state index in [-0.39, 0.29) is 17.5 Å². The van der Waals surface area contributed by atoms with Gasteiger partial charge < -0.3 is 10.6 Å². The van der Waals surface area contributed by atoms with Crippen molar-refractivity contribution in [2.24, 2.45) is 0 Å². The minimum absolute atomic E-state index is 0.234. The lowest BCUT2D eigenvalue weighted by Crippen LogP contribution is -2.31. The second-order valence-corrected chi connectivity index (χ2v) is 7.70. The van der Waals surface area contributed by atoms with E-state index < -0.39 is 42.4 Å². The van der Waals surface area contributed by atoms with Gasteiger partial charge in [-0.15, -0.1) is 0 Å². The second kappa shape index (κ2) is 9.32. The van der Waals surface area contributed by atoms with Gasteiger partial charge >= 0.3 is 6.18 Å². The molecule has 3 heterocycles. The van der Waals surface area contributed by atoms with Gasteiger partial charge in [0.15, 0.2) is 5.82 Å². The minimum Gasteiger partial charge on any atom is -0.343 e. The maximum atomic E-state index is 13.1. The molecule has 0 spiro atoms. The Balaban J connectivity index is 1.72. The van der Waals surface area contributed by atoms with Crippen molar-refractivity contribution in [3.63, 3.8) is 0 Å². The number of pyridine rings is 2. The Morgan fingerprint density at radius 2 is 1.80 bits per heavy atom. The van der Waals surface area contributed by atoms with Crippen LogP contribution in [-0.4, -0.2) is 44.1 Å². The Morgan fingerprint density at radius 3 is 2.43 bits per heavy atom. The highest BCUT2D eigenvalue weighted by Gasteiger charge is 2.46. The molecule has 14 heteroatoms. The number of aromatic nitrogens is 5. The Morgan fingerprint density at radius 1 is 1.06 bits per heavy atom. The first kappa shape index (κ1) is 24.1. The number of alkyl halides is 6. The smallest absolute Gasteiger partial charge is 0.343 e. The van der Waals surface area contributed by atoms with Crippen molar-refractivity contribution in [3.05, 3.63) is 47.9 Å². The number of nitrogens with one attached hydrogen (secondary N) is 2. The van der Waals surface area contributed by atoms with Gasteiger partial charge in [0.05, 0.1) is 17.2 Å². The summed E-state index contributed by atoms with van der Waals surface area (Å²) < 4.78 is 78.5. The van der Waals surface area contributed by atoms with Crippen LogP contribution in [0, 0.1) is 11.3 Å². The molecule has 1 aliphatic rings. The number of rotatable bonds is 8. The molecule has 0 amide bonds. The van der Waals surface area contributed by atoms with Crippen molar-refractivity contribution in [1.29, 1.82) is 5.26 Å². The fourth-order valence-corrected chi connectivity index (χ4v) is 3.11. The van der Waals surface area contributed by atoms with E-state index in [4.69, 9.17) is 0 Å². The molecule has 1 unspecified atom stereocenters. The first-order valence-corrected chi connectivity index (χ1v) is 10.2. The van der Waals surface area contributed by atoms with E-state index in [1.54, 1.807) is 6.07 Å². The zero-order valence-corrected chi connectivity index (χ0v) is 17.7. The third kappa shape index (κ3) is 5.39. The number of anilines is 3. The third-order valence-corrected chi connectivity index (χ3v) is 5.16. The number of nitriles is 1. The molecule has 182 valence electrons. The van der Waals surface area contributed by atoms with E-state index in [1.165, 1.54) is 18.3 Å². The van der Waals surface area contributed by atoms with Gasteiger partial charge in [0, 0.05) is 11.9 Å². The topological polar surface area (TPSA) is 112 Å². The van der Waals surface area contributed by atoms with E-state index in [9.17, 15) is 31.6 Å². The quantitative estimate of drug-likeness (QED) is 0.435. The molecular weight excluding hydrogens is 478 g/mol. The lowest BCUT2D eigenvalue weighted by Gasteiger charge is -2.16. The highest BCUT2D eigenvalue weighted by Crippen LogP contribution is 2.47. The summed E-state index contributed by atoms with van der Waals surface area (Å²) in [7, 11) is 0. The maximum Gasteiger partial charge on any atom is 0.433 e. The Kier molecular flexibility index (Phi) is 6.42. The molecule has 2 N–H and O–H groups in total. The van der Waals surface area contributed by atoms with Crippen LogP contribution in [0.25, 0.3) is 11.5 Å². The van der Waals surface area contributed by atoms with Crippen LogP contribution < -0.4 is 10.6 Å². The van der Waals surface area contributed by atoms with E-state index in [2.05, 4.69) is 41.6 Å². The molecule has 1 saturated carbocycles. The number of hydrogen-bond acceptors (Lipinski definition) is 8.